The second kappa shape index (κ2) is 7.23. The minimum atomic E-state index is -4.10. The molecule has 144 valence electrons. The number of hydrogen-bond acceptors (Lipinski definition) is 7. The van der Waals surface area contributed by atoms with Crippen LogP contribution in [-0.4, -0.2) is 23.1 Å². The number of para-hydroxylation sites is 2. The van der Waals surface area contributed by atoms with Crippen molar-refractivity contribution < 1.29 is 12.6 Å². The van der Waals surface area contributed by atoms with Gasteiger partial charge in [-0.05, 0) is 35.9 Å². The maximum Gasteiger partial charge on any atom is 0.380 e. The fourth-order valence-electron chi connectivity index (χ4n) is 2.85. The van der Waals surface area contributed by atoms with E-state index in [1.165, 1.54) is 12.1 Å². The minimum absolute atomic E-state index is 0.0712. The van der Waals surface area contributed by atoms with Gasteiger partial charge in [0.25, 0.3) is 0 Å². The van der Waals surface area contributed by atoms with Crippen molar-refractivity contribution in [3.05, 3.63) is 72.8 Å². The second-order valence-electron chi connectivity index (χ2n) is 6.05. The maximum atomic E-state index is 11.0. The number of nitrogens with zero attached hydrogens (tertiary/aromatic N) is 4. The van der Waals surface area contributed by atoms with E-state index < -0.39 is 10.3 Å². The van der Waals surface area contributed by atoms with Gasteiger partial charge in [0.2, 0.25) is 0 Å². The SMILES string of the molecule is N#Cc1ncc(Nn2cnc3ccccc32)cc1-c1ccc(OS(N)(=O)=O)cc1. The number of nitriles is 1. The predicted molar refractivity (Wildman–Crippen MR) is 107 cm³/mol. The first-order valence-electron chi connectivity index (χ1n) is 8.35. The van der Waals surface area contributed by atoms with Gasteiger partial charge in [-0.3, -0.25) is 5.43 Å². The van der Waals surface area contributed by atoms with E-state index in [1.807, 2.05) is 24.3 Å². The molecule has 0 radical (unpaired) electrons. The molecular formula is C19H14N6O3S. The van der Waals surface area contributed by atoms with Gasteiger partial charge in [0.05, 0.1) is 22.9 Å². The van der Waals surface area contributed by atoms with Crippen LogP contribution in [0.4, 0.5) is 5.69 Å². The summed E-state index contributed by atoms with van der Waals surface area (Å²) in [5, 5.41) is 14.3. The normalized spacial score (nSPS) is 11.2. The molecule has 2 aromatic heterocycles. The van der Waals surface area contributed by atoms with Crippen LogP contribution in [0.25, 0.3) is 22.2 Å². The highest BCUT2D eigenvalue weighted by Crippen LogP contribution is 2.27. The predicted octanol–water partition coefficient (Wildman–Crippen LogP) is 2.43. The van der Waals surface area contributed by atoms with Crippen molar-refractivity contribution >= 4 is 27.0 Å². The fraction of sp³-hybridized carbons (Fsp3) is 0. The number of benzene rings is 2. The first-order valence-corrected chi connectivity index (χ1v) is 9.82. The van der Waals surface area contributed by atoms with Crippen molar-refractivity contribution in [2.24, 2.45) is 5.14 Å². The molecular weight excluding hydrogens is 392 g/mol. The van der Waals surface area contributed by atoms with Crippen LogP contribution < -0.4 is 14.7 Å². The average molecular weight is 406 g/mol. The van der Waals surface area contributed by atoms with Crippen LogP contribution in [0, 0.1) is 11.3 Å². The topological polar surface area (TPSA) is 136 Å². The summed E-state index contributed by atoms with van der Waals surface area (Å²) in [4.78, 5) is 8.53. The second-order valence-corrected chi connectivity index (χ2v) is 7.20. The number of aromatic nitrogens is 3. The zero-order valence-corrected chi connectivity index (χ0v) is 15.7. The van der Waals surface area contributed by atoms with E-state index in [1.54, 1.807) is 35.4 Å². The third-order valence-electron chi connectivity index (χ3n) is 4.07. The number of hydrogen-bond donors (Lipinski definition) is 2. The van der Waals surface area contributed by atoms with E-state index in [4.69, 9.17) is 5.14 Å². The summed E-state index contributed by atoms with van der Waals surface area (Å²) in [6, 6.07) is 17.6. The van der Waals surface area contributed by atoms with Crippen LogP contribution in [0.1, 0.15) is 5.69 Å². The molecule has 0 spiro atoms. The molecule has 0 unspecified atom stereocenters. The molecule has 0 saturated carbocycles. The van der Waals surface area contributed by atoms with Crippen molar-refractivity contribution in [1.29, 1.82) is 5.26 Å². The van der Waals surface area contributed by atoms with Crippen LogP contribution in [0.5, 0.6) is 5.75 Å². The van der Waals surface area contributed by atoms with Gasteiger partial charge in [-0.25, -0.2) is 14.6 Å². The third kappa shape index (κ3) is 4.01. The molecule has 4 rings (SSSR count). The van der Waals surface area contributed by atoms with Crippen LogP contribution in [0.2, 0.25) is 0 Å². The Morgan fingerprint density at radius 2 is 1.86 bits per heavy atom. The van der Waals surface area contributed by atoms with E-state index >= 15 is 0 Å². The molecule has 0 saturated heterocycles. The Kier molecular flexibility index (Phi) is 4.59. The molecule has 29 heavy (non-hydrogen) atoms. The Bertz CT molecular complexity index is 1340. The number of imidazole rings is 1. The Morgan fingerprint density at radius 1 is 1.10 bits per heavy atom. The van der Waals surface area contributed by atoms with Gasteiger partial charge in [-0.1, -0.05) is 24.3 Å². The molecule has 2 aromatic carbocycles. The van der Waals surface area contributed by atoms with E-state index in [0.717, 1.165) is 11.0 Å². The molecule has 3 N–H and O–H groups in total. The number of anilines is 1. The fourth-order valence-corrected chi connectivity index (χ4v) is 3.23. The van der Waals surface area contributed by atoms with E-state index in [2.05, 4.69) is 25.6 Å². The number of pyridine rings is 1. The van der Waals surface area contributed by atoms with Gasteiger partial charge in [0, 0.05) is 5.56 Å². The Balaban J connectivity index is 1.68. The van der Waals surface area contributed by atoms with E-state index in [9.17, 15) is 13.7 Å². The van der Waals surface area contributed by atoms with Crippen LogP contribution >= 0.6 is 0 Å². The third-order valence-corrected chi connectivity index (χ3v) is 4.50. The first-order chi connectivity index (χ1) is 13.9. The van der Waals surface area contributed by atoms with Crippen molar-refractivity contribution in [1.82, 2.24) is 14.6 Å². The Labute approximate surface area is 166 Å². The summed E-state index contributed by atoms with van der Waals surface area (Å²) in [6.07, 6.45) is 3.21. The van der Waals surface area contributed by atoms with Gasteiger partial charge in [0.1, 0.15) is 23.8 Å². The van der Waals surface area contributed by atoms with E-state index in [-0.39, 0.29) is 11.4 Å². The van der Waals surface area contributed by atoms with Crippen molar-refractivity contribution in [2.45, 2.75) is 0 Å². The van der Waals surface area contributed by atoms with Gasteiger partial charge in [0.15, 0.2) is 0 Å². The van der Waals surface area contributed by atoms with Gasteiger partial charge in [-0.2, -0.15) is 18.8 Å². The highest BCUT2D eigenvalue weighted by molar-refractivity contribution is 7.84. The lowest BCUT2D eigenvalue weighted by Crippen LogP contribution is -2.18. The number of fused-ring (bicyclic) bond motifs is 1. The molecule has 9 nitrogen and oxygen atoms in total. The molecule has 0 bridgehead atoms. The Morgan fingerprint density at radius 3 is 2.59 bits per heavy atom. The molecule has 0 atom stereocenters. The zero-order chi connectivity index (χ0) is 20.4. The van der Waals surface area contributed by atoms with Gasteiger partial charge < -0.3 is 4.18 Å². The summed E-state index contributed by atoms with van der Waals surface area (Å²) >= 11 is 0. The monoisotopic (exact) mass is 406 g/mol. The van der Waals surface area contributed by atoms with Crippen LogP contribution in [0.15, 0.2) is 67.1 Å². The lowest BCUT2D eigenvalue weighted by Gasteiger charge is -2.11. The average Bonchev–Trinajstić information content (AvgIpc) is 3.10. The van der Waals surface area contributed by atoms with E-state index in [0.29, 0.717) is 16.8 Å². The molecule has 4 aromatic rings. The number of nitrogens with two attached hydrogens (primary N) is 1. The molecule has 0 aliphatic heterocycles. The lowest BCUT2D eigenvalue weighted by atomic mass is 10.0. The Hall–Kier alpha value is -3.94. The summed E-state index contributed by atoms with van der Waals surface area (Å²) < 4.78 is 28.4. The highest BCUT2D eigenvalue weighted by Gasteiger charge is 2.11. The van der Waals surface area contributed by atoms with Gasteiger partial charge >= 0.3 is 10.3 Å². The first kappa shape index (κ1) is 18.4. The summed E-state index contributed by atoms with van der Waals surface area (Å²) in [5.74, 6) is 0.0712. The highest BCUT2D eigenvalue weighted by atomic mass is 32.2. The van der Waals surface area contributed by atoms with Crippen molar-refractivity contribution in [3.63, 3.8) is 0 Å². The summed E-state index contributed by atoms with van der Waals surface area (Å²) in [6.45, 7) is 0. The number of rotatable bonds is 5. The van der Waals surface area contributed by atoms with Crippen molar-refractivity contribution in [2.75, 3.05) is 5.43 Å². The van der Waals surface area contributed by atoms with Gasteiger partial charge in [-0.15, -0.1) is 0 Å². The molecule has 0 fully saturated rings. The zero-order valence-electron chi connectivity index (χ0n) is 14.9. The van der Waals surface area contributed by atoms with Crippen LogP contribution in [-0.2, 0) is 10.3 Å². The minimum Gasteiger partial charge on any atom is -0.371 e. The molecule has 0 aliphatic carbocycles. The molecule has 10 heteroatoms. The number of nitrogens with one attached hydrogen (secondary N) is 1. The molecule has 2 heterocycles. The summed E-state index contributed by atoms with van der Waals surface area (Å²) in [5.41, 5.74) is 7.03. The standard InChI is InChI=1S/C19H14N6O3S/c20-10-18-16(13-5-7-15(8-6-13)28-29(21,26)27)9-14(11-22-18)24-25-12-23-17-3-1-2-4-19(17)25/h1-9,11-12,24H,(H2,21,26,27). The van der Waals surface area contributed by atoms with Crippen molar-refractivity contribution in [3.8, 4) is 22.9 Å². The van der Waals surface area contributed by atoms with Crippen LogP contribution in [0.3, 0.4) is 0 Å². The molecule has 0 amide bonds. The maximum absolute atomic E-state index is 11.0. The smallest absolute Gasteiger partial charge is 0.371 e. The largest absolute Gasteiger partial charge is 0.380 e. The molecule has 0 aliphatic rings. The lowest BCUT2D eigenvalue weighted by molar-refractivity contribution is 0.488. The summed E-state index contributed by atoms with van der Waals surface area (Å²) in [7, 11) is -4.10. The quantitative estimate of drug-likeness (QED) is 0.519.